The third kappa shape index (κ3) is 4.15. The van der Waals surface area contributed by atoms with E-state index in [1.165, 1.54) is 6.07 Å². The van der Waals surface area contributed by atoms with Crippen LogP contribution in [0.15, 0.2) is 65.2 Å². The third-order valence-corrected chi connectivity index (χ3v) is 4.90. The highest BCUT2D eigenvalue weighted by molar-refractivity contribution is 6.09. The van der Waals surface area contributed by atoms with Crippen molar-refractivity contribution >= 4 is 22.7 Å². The standard InChI is InChI=1S/C23H20N4O4/c1-14-19(15(2)31-26-14)13-30-18-8-5-7-17(12-18)22(28)27(24)23(29)21-11-10-16-6-3-4-9-20(16)25-21/h3-12H,13,24H2,1-2H3. The van der Waals surface area contributed by atoms with Crippen molar-refractivity contribution < 1.29 is 18.8 Å². The van der Waals surface area contributed by atoms with Gasteiger partial charge in [-0.05, 0) is 44.2 Å². The minimum atomic E-state index is -0.696. The fourth-order valence-corrected chi connectivity index (χ4v) is 3.12. The lowest BCUT2D eigenvalue weighted by atomic mass is 10.1. The minimum absolute atomic E-state index is 0.0837. The van der Waals surface area contributed by atoms with E-state index in [9.17, 15) is 9.59 Å². The highest BCUT2D eigenvalue weighted by atomic mass is 16.5. The predicted octanol–water partition coefficient (Wildman–Crippen LogP) is 3.57. The van der Waals surface area contributed by atoms with E-state index >= 15 is 0 Å². The summed E-state index contributed by atoms with van der Waals surface area (Å²) in [6.07, 6.45) is 0. The van der Waals surface area contributed by atoms with Gasteiger partial charge in [0.1, 0.15) is 23.8 Å². The van der Waals surface area contributed by atoms with E-state index in [-0.39, 0.29) is 17.9 Å². The summed E-state index contributed by atoms with van der Waals surface area (Å²) in [7, 11) is 0. The molecule has 156 valence electrons. The summed E-state index contributed by atoms with van der Waals surface area (Å²) < 4.78 is 10.9. The smallest absolute Gasteiger partial charge is 0.293 e. The van der Waals surface area contributed by atoms with Gasteiger partial charge in [-0.15, -0.1) is 0 Å². The van der Waals surface area contributed by atoms with Crippen LogP contribution in [0.1, 0.15) is 37.9 Å². The molecular formula is C23H20N4O4. The largest absolute Gasteiger partial charge is 0.489 e. The summed E-state index contributed by atoms with van der Waals surface area (Å²) in [5.74, 6) is 5.61. The second kappa shape index (κ2) is 8.37. The number of carbonyl (C=O) groups excluding carboxylic acids is 2. The number of carbonyl (C=O) groups is 2. The number of benzene rings is 2. The summed E-state index contributed by atoms with van der Waals surface area (Å²) >= 11 is 0. The third-order valence-electron chi connectivity index (χ3n) is 4.90. The lowest BCUT2D eigenvalue weighted by molar-refractivity contribution is 0.0611. The summed E-state index contributed by atoms with van der Waals surface area (Å²) in [6.45, 7) is 3.87. The molecule has 2 aromatic carbocycles. The van der Waals surface area contributed by atoms with Gasteiger partial charge in [0.05, 0.1) is 16.8 Å². The number of hydrogen-bond acceptors (Lipinski definition) is 7. The maximum atomic E-state index is 12.8. The predicted molar refractivity (Wildman–Crippen MR) is 113 cm³/mol. The minimum Gasteiger partial charge on any atom is -0.489 e. The van der Waals surface area contributed by atoms with Crippen LogP contribution in [0.2, 0.25) is 0 Å². The molecule has 0 aliphatic rings. The summed E-state index contributed by atoms with van der Waals surface area (Å²) in [6, 6.07) is 17.1. The maximum Gasteiger partial charge on any atom is 0.293 e. The lowest BCUT2D eigenvalue weighted by Crippen LogP contribution is -2.43. The second-order valence-corrected chi connectivity index (χ2v) is 6.99. The highest BCUT2D eigenvalue weighted by Gasteiger charge is 2.23. The molecule has 0 unspecified atom stereocenters. The molecule has 31 heavy (non-hydrogen) atoms. The lowest BCUT2D eigenvalue weighted by Gasteiger charge is -2.15. The van der Waals surface area contributed by atoms with Crippen molar-refractivity contribution in [3.8, 4) is 5.75 Å². The fourth-order valence-electron chi connectivity index (χ4n) is 3.12. The molecule has 0 spiro atoms. The van der Waals surface area contributed by atoms with Crippen LogP contribution in [-0.2, 0) is 6.61 Å². The highest BCUT2D eigenvalue weighted by Crippen LogP contribution is 2.20. The van der Waals surface area contributed by atoms with E-state index in [1.807, 2.05) is 25.1 Å². The van der Waals surface area contributed by atoms with Crippen LogP contribution in [-0.4, -0.2) is 27.0 Å². The Hall–Kier alpha value is -4.04. The normalized spacial score (nSPS) is 10.8. The molecule has 0 radical (unpaired) electrons. The van der Waals surface area contributed by atoms with Crippen molar-refractivity contribution in [2.45, 2.75) is 20.5 Å². The van der Waals surface area contributed by atoms with E-state index in [1.54, 1.807) is 43.3 Å². The van der Waals surface area contributed by atoms with Gasteiger partial charge in [-0.1, -0.05) is 35.5 Å². The Morgan fingerprint density at radius 3 is 2.61 bits per heavy atom. The first-order valence-corrected chi connectivity index (χ1v) is 9.58. The summed E-state index contributed by atoms with van der Waals surface area (Å²) in [4.78, 5) is 29.8. The first-order chi connectivity index (χ1) is 14.9. The fraction of sp³-hybridized carbons (Fsp3) is 0.130. The molecule has 8 nitrogen and oxygen atoms in total. The van der Waals surface area contributed by atoms with Crippen molar-refractivity contribution in [2.24, 2.45) is 5.84 Å². The summed E-state index contributed by atoms with van der Waals surface area (Å²) in [5.41, 5.74) is 2.53. The van der Waals surface area contributed by atoms with E-state index < -0.39 is 11.8 Å². The van der Waals surface area contributed by atoms with E-state index in [0.29, 0.717) is 22.0 Å². The van der Waals surface area contributed by atoms with Crippen LogP contribution in [0, 0.1) is 13.8 Å². The van der Waals surface area contributed by atoms with Crippen LogP contribution < -0.4 is 10.6 Å². The van der Waals surface area contributed by atoms with Crippen molar-refractivity contribution in [2.75, 3.05) is 0 Å². The molecule has 2 heterocycles. The molecule has 0 atom stereocenters. The van der Waals surface area contributed by atoms with Gasteiger partial charge in [0, 0.05) is 10.9 Å². The number of rotatable bonds is 5. The number of pyridine rings is 1. The maximum absolute atomic E-state index is 12.8. The van der Waals surface area contributed by atoms with Gasteiger partial charge in [0.2, 0.25) is 0 Å². The van der Waals surface area contributed by atoms with Crippen LogP contribution in [0.5, 0.6) is 5.75 Å². The number of imide groups is 1. The molecule has 0 saturated heterocycles. The van der Waals surface area contributed by atoms with Gasteiger partial charge in [-0.25, -0.2) is 15.8 Å². The first kappa shape index (κ1) is 20.2. The number of para-hydroxylation sites is 1. The van der Waals surface area contributed by atoms with Crippen LogP contribution in [0.25, 0.3) is 10.9 Å². The molecule has 4 aromatic rings. The molecule has 0 saturated carbocycles. The van der Waals surface area contributed by atoms with Crippen molar-refractivity contribution in [3.63, 3.8) is 0 Å². The Bertz CT molecular complexity index is 1260. The Labute approximate surface area is 178 Å². The van der Waals surface area contributed by atoms with Crippen molar-refractivity contribution in [1.29, 1.82) is 0 Å². The molecule has 2 aromatic heterocycles. The molecule has 0 fully saturated rings. The molecular weight excluding hydrogens is 396 g/mol. The Morgan fingerprint density at radius 1 is 1.03 bits per heavy atom. The summed E-state index contributed by atoms with van der Waals surface area (Å²) in [5, 5.41) is 5.34. The van der Waals surface area contributed by atoms with Crippen LogP contribution in [0.4, 0.5) is 0 Å². The van der Waals surface area contributed by atoms with Crippen molar-refractivity contribution in [1.82, 2.24) is 15.1 Å². The van der Waals surface area contributed by atoms with Gasteiger partial charge in [0.25, 0.3) is 11.8 Å². The topological polar surface area (TPSA) is 112 Å². The van der Waals surface area contributed by atoms with Crippen LogP contribution in [0.3, 0.4) is 0 Å². The quantitative estimate of drug-likeness (QED) is 0.229. The molecule has 0 aliphatic carbocycles. The first-order valence-electron chi connectivity index (χ1n) is 9.58. The van der Waals surface area contributed by atoms with E-state index in [0.717, 1.165) is 16.6 Å². The number of ether oxygens (including phenoxy) is 1. The number of aryl methyl sites for hydroxylation is 2. The molecule has 4 rings (SSSR count). The Kier molecular flexibility index (Phi) is 5.46. The Balaban J connectivity index is 1.50. The molecule has 8 heteroatoms. The van der Waals surface area contributed by atoms with Gasteiger partial charge in [-0.2, -0.15) is 0 Å². The van der Waals surface area contributed by atoms with Gasteiger partial charge in [0.15, 0.2) is 0 Å². The zero-order valence-corrected chi connectivity index (χ0v) is 17.0. The van der Waals surface area contributed by atoms with Gasteiger partial charge >= 0.3 is 0 Å². The molecule has 0 aliphatic heterocycles. The SMILES string of the molecule is Cc1noc(C)c1COc1cccc(C(=O)N(N)C(=O)c2ccc3ccccc3n2)c1. The molecule has 2 amide bonds. The average Bonchev–Trinajstić information content (AvgIpc) is 3.13. The zero-order chi connectivity index (χ0) is 22.0. The number of nitrogens with zero attached hydrogens (tertiary/aromatic N) is 3. The molecule has 2 N–H and O–H groups in total. The monoisotopic (exact) mass is 416 g/mol. The number of hydrazine groups is 1. The number of hydrogen-bond donors (Lipinski definition) is 1. The number of nitrogens with two attached hydrogens (primary N) is 1. The number of aromatic nitrogens is 2. The second-order valence-electron chi connectivity index (χ2n) is 6.99. The van der Waals surface area contributed by atoms with Gasteiger partial charge in [-0.3, -0.25) is 9.59 Å². The van der Waals surface area contributed by atoms with Crippen LogP contribution >= 0.6 is 0 Å². The van der Waals surface area contributed by atoms with Crippen molar-refractivity contribution in [3.05, 3.63) is 88.9 Å². The zero-order valence-electron chi connectivity index (χ0n) is 17.0. The van der Waals surface area contributed by atoms with E-state index in [2.05, 4.69) is 10.1 Å². The molecule has 0 bridgehead atoms. The van der Waals surface area contributed by atoms with Gasteiger partial charge < -0.3 is 9.26 Å². The number of amides is 2. The van der Waals surface area contributed by atoms with E-state index in [4.69, 9.17) is 15.1 Å². The Morgan fingerprint density at radius 2 is 1.84 bits per heavy atom. The average molecular weight is 416 g/mol. The number of fused-ring (bicyclic) bond motifs is 1.